The lowest BCUT2D eigenvalue weighted by molar-refractivity contribution is -0.149. The number of benzene rings is 3. The van der Waals surface area contributed by atoms with Crippen molar-refractivity contribution in [1.82, 2.24) is 15.5 Å². The Kier molecular flexibility index (Phi) is 7.72. The number of anilines is 1. The Labute approximate surface area is 253 Å². The monoisotopic (exact) mass is 608 g/mol. The average Bonchev–Trinajstić information content (AvgIpc) is 3.23. The van der Waals surface area contributed by atoms with Crippen LogP contribution in [0, 0.1) is 12.7 Å². The first kappa shape index (κ1) is 28.6. The Hall–Kier alpha value is -3.46. The van der Waals surface area contributed by atoms with Gasteiger partial charge in [-0.05, 0) is 91.5 Å². The van der Waals surface area contributed by atoms with E-state index in [0.29, 0.717) is 38.0 Å². The average molecular weight is 610 g/mol. The first-order valence-corrected chi connectivity index (χ1v) is 14.9. The summed E-state index contributed by atoms with van der Waals surface area (Å²) in [5, 5.41) is 10.3. The first-order valence-electron chi connectivity index (χ1n) is 14.1. The third-order valence-corrected chi connectivity index (χ3v) is 9.32. The minimum absolute atomic E-state index is 0.0150. The van der Waals surface area contributed by atoms with Crippen molar-refractivity contribution < 1.29 is 18.8 Å². The number of carbonyl (C=O) groups excluding carboxylic acids is 3. The van der Waals surface area contributed by atoms with Crippen molar-refractivity contribution in [3.8, 4) is 0 Å². The number of hydrogen-bond donors (Lipinski definition) is 3. The van der Waals surface area contributed by atoms with Gasteiger partial charge in [0.25, 0.3) is 0 Å². The number of hydrogen-bond acceptors (Lipinski definition) is 4. The molecule has 3 aromatic carbocycles. The molecule has 0 bridgehead atoms. The minimum Gasteiger partial charge on any atom is -0.352 e. The zero-order valence-corrected chi connectivity index (χ0v) is 24.6. The van der Waals surface area contributed by atoms with Gasteiger partial charge in [0, 0.05) is 34.1 Å². The number of halogens is 3. The Morgan fingerprint density at radius 3 is 2.57 bits per heavy atom. The second-order valence-corrected chi connectivity index (χ2v) is 12.2. The molecule has 3 atom stereocenters. The Morgan fingerprint density at radius 1 is 1.05 bits per heavy atom. The Morgan fingerprint density at radius 2 is 1.81 bits per heavy atom. The molecule has 0 aromatic heterocycles. The van der Waals surface area contributed by atoms with E-state index in [2.05, 4.69) is 16.0 Å². The SMILES string of the molecule is Cc1ccc(F)cc1[C@@H]1N(CC(=O)NC2CCNCC2)C(=O)C[C@H](c2cccc(Cl)c2)[C@@]12C(=O)Nc1cc(Cl)ccc12. The first-order chi connectivity index (χ1) is 20.2. The van der Waals surface area contributed by atoms with Crippen LogP contribution in [0.3, 0.4) is 0 Å². The summed E-state index contributed by atoms with van der Waals surface area (Å²) in [5.41, 5.74) is 1.60. The summed E-state index contributed by atoms with van der Waals surface area (Å²) in [5.74, 6) is -2.15. The molecular formula is C32H31Cl2FN4O3. The van der Waals surface area contributed by atoms with E-state index in [1.54, 1.807) is 42.5 Å². The van der Waals surface area contributed by atoms with Crippen LogP contribution in [-0.2, 0) is 19.8 Å². The summed E-state index contributed by atoms with van der Waals surface area (Å²) < 4.78 is 15.0. The molecule has 42 heavy (non-hydrogen) atoms. The van der Waals surface area contributed by atoms with Crippen LogP contribution in [0.25, 0.3) is 0 Å². The molecule has 3 aliphatic rings. The number of carbonyl (C=O) groups is 3. The molecule has 0 unspecified atom stereocenters. The van der Waals surface area contributed by atoms with Crippen molar-refractivity contribution in [2.24, 2.45) is 0 Å². The standard InChI is InChI=1S/C32H31Cl2FN4O3/c1-18-5-7-22(35)15-24(18)30-32(25-8-6-21(34)14-27(25)38-31(32)42)26(19-3-2-4-20(33)13-19)16-29(41)39(30)17-28(40)37-23-9-11-36-12-10-23/h2-8,13-15,23,26,30,36H,9-12,16-17H2,1H3,(H,37,40)(H,38,42)/t26-,30+,32-/m1/s1. The quantitative estimate of drug-likeness (QED) is 0.369. The number of likely N-dealkylation sites (tertiary alicyclic amines) is 1. The fraction of sp³-hybridized carbons (Fsp3) is 0.344. The highest BCUT2D eigenvalue weighted by Crippen LogP contribution is 2.60. The molecule has 1 spiro atoms. The van der Waals surface area contributed by atoms with Crippen LogP contribution in [0.2, 0.25) is 10.0 Å². The molecule has 7 nitrogen and oxygen atoms in total. The van der Waals surface area contributed by atoms with Crippen LogP contribution < -0.4 is 16.0 Å². The lowest BCUT2D eigenvalue weighted by Gasteiger charge is -2.51. The van der Waals surface area contributed by atoms with E-state index in [-0.39, 0.29) is 36.7 Å². The van der Waals surface area contributed by atoms with Crippen LogP contribution in [-0.4, -0.2) is 48.3 Å². The van der Waals surface area contributed by atoms with E-state index in [4.69, 9.17) is 23.2 Å². The largest absolute Gasteiger partial charge is 0.352 e. The molecule has 218 valence electrons. The predicted octanol–water partition coefficient (Wildman–Crippen LogP) is 5.26. The molecule has 3 aromatic rings. The van der Waals surface area contributed by atoms with Crippen LogP contribution in [0.5, 0.6) is 0 Å². The lowest BCUT2D eigenvalue weighted by atomic mass is 9.58. The normalized spacial score (nSPS) is 24.0. The molecule has 3 heterocycles. The molecule has 3 N–H and O–H groups in total. The third kappa shape index (κ3) is 4.95. The molecule has 2 fully saturated rings. The fourth-order valence-electron chi connectivity index (χ4n) is 6.98. The molecule has 3 aliphatic heterocycles. The predicted molar refractivity (Wildman–Crippen MR) is 160 cm³/mol. The summed E-state index contributed by atoms with van der Waals surface area (Å²) in [6, 6.07) is 15.6. The van der Waals surface area contributed by atoms with Crippen molar-refractivity contribution in [3.05, 3.63) is 98.8 Å². The molecule has 10 heteroatoms. The Balaban J connectivity index is 1.56. The topological polar surface area (TPSA) is 90.5 Å². The van der Waals surface area contributed by atoms with E-state index in [1.807, 2.05) is 13.0 Å². The van der Waals surface area contributed by atoms with Gasteiger partial charge < -0.3 is 20.9 Å². The number of rotatable bonds is 5. The van der Waals surface area contributed by atoms with Crippen LogP contribution >= 0.6 is 23.2 Å². The Bertz CT molecular complexity index is 1580. The summed E-state index contributed by atoms with van der Waals surface area (Å²) >= 11 is 12.8. The highest BCUT2D eigenvalue weighted by atomic mass is 35.5. The molecular weight excluding hydrogens is 578 g/mol. The zero-order valence-electron chi connectivity index (χ0n) is 23.1. The van der Waals surface area contributed by atoms with Crippen molar-refractivity contribution in [1.29, 1.82) is 0 Å². The van der Waals surface area contributed by atoms with E-state index >= 15 is 0 Å². The number of aryl methyl sites for hydroxylation is 1. The van der Waals surface area contributed by atoms with Gasteiger partial charge >= 0.3 is 0 Å². The van der Waals surface area contributed by atoms with Gasteiger partial charge in [0.1, 0.15) is 17.8 Å². The molecule has 0 radical (unpaired) electrons. The van der Waals surface area contributed by atoms with Gasteiger partial charge in [0.15, 0.2) is 0 Å². The third-order valence-electron chi connectivity index (χ3n) is 8.85. The zero-order chi connectivity index (χ0) is 29.6. The number of fused-ring (bicyclic) bond motifs is 2. The molecule has 0 saturated carbocycles. The minimum atomic E-state index is -1.41. The lowest BCUT2D eigenvalue weighted by Crippen LogP contribution is -2.60. The van der Waals surface area contributed by atoms with Gasteiger partial charge in [-0.25, -0.2) is 4.39 Å². The van der Waals surface area contributed by atoms with E-state index in [0.717, 1.165) is 25.9 Å². The fourth-order valence-corrected chi connectivity index (χ4v) is 7.35. The van der Waals surface area contributed by atoms with E-state index in [1.165, 1.54) is 17.0 Å². The van der Waals surface area contributed by atoms with Gasteiger partial charge in [-0.1, -0.05) is 47.5 Å². The maximum absolute atomic E-state index is 15.0. The number of nitrogens with one attached hydrogen (secondary N) is 3. The maximum atomic E-state index is 15.0. The van der Waals surface area contributed by atoms with Crippen LogP contribution in [0.15, 0.2) is 60.7 Å². The summed E-state index contributed by atoms with van der Waals surface area (Å²) in [6.45, 7) is 3.13. The summed E-state index contributed by atoms with van der Waals surface area (Å²) in [7, 11) is 0. The maximum Gasteiger partial charge on any atom is 0.239 e. The van der Waals surface area contributed by atoms with Gasteiger partial charge in [-0.15, -0.1) is 0 Å². The number of piperidine rings is 2. The number of nitrogens with zero attached hydrogens (tertiary/aromatic N) is 1. The molecule has 3 amide bonds. The van der Waals surface area contributed by atoms with Crippen molar-refractivity contribution in [3.63, 3.8) is 0 Å². The van der Waals surface area contributed by atoms with Gasteiger partial charge in [0.2, 0.25) is 17.7 Å². The van der Waals surface area contributed by atoms with E-state index < -0.39 is 23.2 Å². The number of amides is 3. The van der Waals surface area contributed by atoms with Gasteiger partial charge in [-0.2, -0.15) is 0 Å². The summed E-state index contributed by atoms with van der Waals surface area (Å²) in [6.07, 6.45) is 1.51. The van der Waals surface area contributed by atoms with Crippen molar-refractivity contribution in [2.45, 2.75) is 49.6 Å². The smallest absolute Gasteiger partial charge is 0.239 e. The van der Waals surface area contributed by atoms with Crippen LogP contribution in [0.1, 0.15) is 53.5 Å². The molecule has 0 aliphatic carbocycles. The highest BCUT2D eigenvalue weighted by molar-refractivity contribution is 6.31. The molecule has 6 rings (SSSR count). The van der Waals surface area contributed by atoms with Crippen molar-refractivity contribution in [2.75, 3.05) is 25.0 Å². The second kappa shape index (κ2) is 11.3. The van der Waals surface area contributed by atoms with Crippen LogP contribution in [0.4, 0.5) is 10.1 Å². The highest BCUT2D eigenvalue weighted by Gasteiger charge is 2.63. The van der Waals surface area contributed by atoms with Gasteiger partial charge in [-0.3, -0.25) is 14.4 Å². The van der Waals surface area contributed by atoms with Crippen molar-refractivity contribution >= 4 is 46.6 Å². The second-order valence-electron chi connectivity index (χ2n) is 11.3. The van der Waals surface area contributed by atoms with E-state index in [9.17, 15) is 18.8 Å². The molecule has 2 saturated heterocycles. The summed E-state index contributed by atoms with van der Waals surface area (Å²) in [4.78, 5) is 43.6. The van der Waals surface area contributed by atoms with Gasteiger partial charge in [0.05, 0.1) is 6.04 Å².